The Balaban J connectivity index is 4.11. The molecule has 82 heavy (non-hydrogen) atoms. The van der Waals surface area contributed by atoms with Gasteiger partial charge in [0, 0.05) is 12.8 Å². The zero-order valence-corrected chi connectivity index (χ0v) is 54.1. The second-order valence-electron chi connectivity index (χ2n) is 22.7. The number of carbonyl (C=O) groups is 2. The van der Waals surface area contributed by atoms with Crippen molar-refractivity contribution in [3.8, 4) is 0 Å². The van der Waals surface area contributed by atoms with Crippen molar-refractivity contribution in [1.29, 1.82) is 0 Å². The van der Waals surface area contributed by atoms with E-state index < -0.39 is 26.5 Å². The van der Waals surface area contributed by atoms with Crippen LogP contribution in [0, 0.1) is 0 Å². The molecule has 0 radical (unpaired) electrons. The first kappa shape index (κ1) is 78.1. The van der Waals surface area contributed by atoms with Crippen LogP contribution in [0.3, 0.4) is 0 Å². The number of hydrogen-bond donors (Lipinski definition) is 1. The molecule has 2 unspecified atom stereocenters. The summed E-state index contributed by atoms with van der Waals surface area (Å²) in [4.78, 5) is 35.8. The summed E-state index contributed by atoms with van der Waals surface area (Å²) < 4.78 is 34.7. The van der Waals surface area contributed by atoms with E-state index >= 15 is 0 Å². The molecule has 9 nitrogen and oxygen atoms in total. The molecule has 0 aromatic heterocycles. The van der Waals surface area contributed by atoms with Crippen molar-refractivity contribution >= 4 is 19.8 Å². The van der Waals surface area contributed by atoms with Gasteiger partial charge >= 0.3 is 19.8 Å². The Morgan fingerprint density at radius 3 is 0.976 bits per heavy atom. The molecule has 0 saturated carbocycles. The lowest BCUT2D eigenvalue weighted by Gasteiger charge is -2.24. The maximum absolute atomic E-state index is 12.9. The number of nitrogens with zero attached hydrogens (tertiary/aromatic N) is 1. The maximum atomic E-state index is 12.9. The molecule has 0 bridgehead atoms. The number of ether oxygens (including phenoxy) is 2. The number of hydrogen-bond acceptors (Lipinski definition) is 7. The van der Waals surface area contributed by atoms with Crippen molar-refractivity contribution in [1.82, 2.24) is 0 Å². The van der Waals surface area contributed by atoms with E-state index in [-0.39, 0.29) is 32.0 Å². The number of carbonyl (C=O) groups excluding carboxylic acids is 2. The van der Waals surface area contributed by atoms with Crippen LogP contribution in [0.5, 0.6) is 0 Å². The molecule has 0 saturated heterocycles. The van der Waals surface area contributed by atoms with Crippen molar-refractivity contribution < 1.29 is 42.1 Å². The summed E-state index contributed by atoms with van der Waals surface area (Å²) >= 11 is 0. The van der Waals surface area contributed by atoms with E-state index in [1.165, 1.54) is 96.3 Å². The molecular formula is C72H123NO8P+. The smallest absolute Gasteiger partial charge is 0.462 e. The highest BCUT2D eigenvalue weighted by molar-refractivity contribution is 7.47. The fraction of sp³-hybridized carbons (Fsp3) is 0.667. The number of likely N-dealkylation sites (N-methyl/N-ethyl adjacent to an activating group) is 1. The number of rotatable bonds is 59. The predicted molar refractivity (Wildman–Crippen MR) is 353 cm³/mol. The maximum Gasteiger partial charge on any atom is 0.472 e. The minimum Gasteiger partial charge on any atom is -0.462 e. The largest absolute Gasteiger partial charge is 0.472 e. The van der Waals surface area contributed by atoms with Crippen LogP contribution in [0.25, 0.3) is 0 Å². The molecule has 0 aromatic rings. The van der Waals surface area contributed by atoms with Crippen molar-refractivity contribution in [2.24, 2.45) is 0 Å². The summed E-state index contributed by atoms with van der Waals surface area (Å²) in [5.41, 5.74) is 0. The van der Waals surface area contributed by atoms with Crippen molar-refractivity contribution in [2.75, 3.05) is 47.5 Å². The van der Waals surface area contributed by atoms with Crippen LogP contribution in [-0.2, 0) is 32.7 Å². The number of esters is 2. The Kier molecular flexibility index (Phi) is 58.8. The molecule has 0 aliphatic carbocycles. The lowest BCUT2D eigenvalue weighted by Crippen LogP contribution is -2.37. The van der Waals surface area contributed by atoms with Gasteiger partial charge in [0.15, 0.2) is 6.10 Å². The molecule has 10 heteroatoms. The van der Waals surface area contributed by atoms with E-state index in [1.54, 1.807) is 0 Å². The summed E-state index contributed by atoms with van der Waals surface area (Å²) in [5, 5.41) is 0. The second kappa shape index (κ2) is 61.7. The molecule has 0 aromatic carbocycles. The van der Waals surface area contributed by atoms with E-state index in [4.69, 9.17) is 18.5 Å². The first-order valence-electron chi connectivity index (χ1n) is 32.9. The number of quaternary nitrogens is 1. The van der Waals surface area contributed by atoms with Crippen molar-refractivity contribution in [3.63, 3.8) is 0 Å². The van der Waals surface area contributed by atoms with Crippen LogP contribution in [0.15, 0.2) is 134 Å². The minimum atomic E-state index is -4.40. The summed E-state index contributed by atoms with van der Waals surface area (Å²) in [7, 11) is 1.45. The Morgan fingerprint density at radius 1 is 0.378 bits per heavy atom. The molecule has 2 atom stereocenters. The third kappa shape index (κ3) is 65.3. The molecule has 1 N–H and O–H groups in total. The van der Waals surface area contributed by atoms with Gasteiger partial charge in [-0.25, -0.2) is 4.57 Å². The zero-order chi connectivity index (χ0) is 59.8. The van der Waals surface area contributed by atoms with Crippen LogP contribution in [0.2, 0.25) is 0 Å². The third-order valence-electron chi connectivity index (χ3n) is 13.7. The number of phosphoric ester groups is 1. The highest BCUT2D eigenvalue weighted by atomic mass is 31.2. The molecule has 0 heterocycles. The predicted octanol–water partition coefficient (Wildman–Crippen LogP) is 21.3. The van der Waals surface area contributed by atoms with Crippen LogP contribution >= 0.6 is 7.82 Å². The Morgan fingerprint density at radius 2 is 0.659 bits per heavy atom. The van der Waals surface area contributed by atoms with Crippen molar-refractivity contribution in [2.45, 2.75) is 264 Å². The molecule has 0 amide bonds. The summed E-state index contributed by atoms with van der Waals surface area (Å²) in [6.07, 6.45) is 89.7. The average molecular weight is 1160 g/mol. The number of phosphoric acid groups is 1. The molecule has 0 fully saturated rings. The number of allylic oxidation sites excluding steroid dienone is 22. The monoisotopic (exact) mass is 1160 g/mol. The topological polar surface area (TPSA) is 108 Å². The van der Waals surface area contributed by atoms with Gasteiger partial charge in [0.2, 0.25) is 0 Å². The fourth-order valence-electron chi connectivity index (χ4n) is 8.69. The standard InChI is InChI=1S/C72H122NO8P/c1-6-8-10-12-14-16-18-20-22-24-26-28-30-32-33-34-35-36-37-38-39-41-42-44-46-48-50-52-54-56-58-60-62-64-71(74)78-68-70(69-80-82(76,77)79-67-66-73(3,4)5)81-72(75)65-63-61-59-57-55-53-51-49-47-45-43-40-31-29-27-25-23-21-19-17-15-13-11-9-7-2/h8-11,14-17,20-23,26-29,32-33,40,43,47,49,70H,6-7,12-13,18-19,24-25,30-31,34-39,41-42,44-46,48,50-69H2,1-5H3/p+1/b10-8-,11-9-,16-14-,17-15-,22-20-,23-21-,28-26-,29-27-,33-32-,43-40-,49-47-. The normalized spacial score (nSPS) is 14.1. The van der Waals surface area contributed by atoms with Gasteiger partial charge in [-0.05, 0) is 109 Å². The van der Waals surface area contributed by atoms with Gasteiger partial charge < -0.3 is 18.9 Å². The number of unbranched alkanes of at least 4 members (excludes halogenated alkanes) is 23. The fourth-order valence-corrected chi connectivity index (χ4v) is 9.44. The molecule has 0 aliphatic heterocycles. The van der Waals surface area contributed by atoms with Crippen LogP contribution in [-0.4, -0.2) is 74.9 Å². The molecular weight excluding hydrogens is 1040 g/mol. The summed E-state index contributed by atoms with van der Waals surface area (Å²) in [6.45, 7) is 4.19. The van der Waals surface area contributed by atoms with Gasteiger partial charge in [-0.1, -0.05) is 270 Å². The second-order valence-corrected chi connectivity index (χ2v) is 24.2. The van der Waals surface area contributed by atoms with Gasteiger partial charge in [-0.2, -0.15) is 0 Å². The van der Waals surface area contributed by atoms with Gasteiger partial charge in [0.1, 0.15) is 19.8 Å². The van der Waals surface area contributed by atoms with E-state index in [0.29, 0.717) is 17.4 Å². The van der Waals surface area contributed by atoms with Gasteiger partial charge in [0.05, 0.1) is 27.7 Å². The molecule has 0 aliphatic rings. The third-order valence-corrected chi connectivity index (χ3v) is 14.7. The summed E-state index contributed by atoms with van der Waals surface area (Å²) in [5.74, 6) is -0.816. The lowest BCUT2D eigenvalue weighted by molar-refractivity contribution is -0.870. The first-order chi connectivity index (χ1) is 40.0. The van der Waals surface area contributed by atoms with Gasteiger partial charge in [-0.3, -0.25) is 18.6 Å². The van der Waals surface area contributed by atoms with E-state index in [0.717, 1.165) is 128 Å². The van der Waals surface area contributed by atoms with E-state index in [2.05, 4.69) is 148 Å². The first-order valence-corrected chi connectivity index (χ1v) is 34.4. The Labute approximate surface area is 504 Å². The minimum absolute atomic E-state index is 0.0226. The summed E-state index contributed by atoms with van der Waals surface area (Å²) in [6, 6.07) is 0. The van der Waals surface area contributed by atoms with Gasteiger partial charge in [0.25, 0.3) is 0 Å². The quantitative estimate of drug-likeness (QED) is 0.0211. The highest BCUT2D eigenvalue weighted by Crippen LogP contribution is 2.43. The van der Waals surface area contributed by atoms with Crippen LogP contribution in [0.4, 0.5) is 0 Å². The molecule has 0 rings (SSSR count). The SMILES string of the molecule is CC/C=C\C/C=C\C/C=C\C/C=C\C/C=C\C/C=C\CCCCCCCCC(=O)OC(COC(=O)CCCCCCCCCCCCCCCCCCC/C=C\C/C=C\C/C=C\C/C=C\C/C=C\CC)COP(=O)(O)OCC[N+](C)(C)C. The highest BCUT2D eigenvalue weighted by Gasteiger charge is 2.27. The van der Waals surface area contributed by atoms with Crippen LogP contribution in [0.1, 0.15) is 258 Å². The van der Waals surface area contributed by atoms with E-state index in [1.807, 2.05) is 21.1 Å². The van der Waals surface area contributed by atoms with Gasteiger partial charge in [-0.15, -0.1) is 0 Å². The Hall–Kier alpha value is -3.85. The lowest BCUT2D eigenvalue weighted by atomic mass is 10.0. The van der Waals surface area contributed by atoms with E-state index in [9.17, 15) is 19.0 Å². The average Bonchev–Trinajstić information content (AvgIpc) is 3.46. The Bertz CT molecular complexity index is 1850. The molecule has 0 spiro atoms. The molecule has 468 valence electrons. The van der Waals surface area contributed by atoms with Crippen LogP contribution < -0.4 is 0 Å². The zero-order valence-electron chi connectivity index (χ0n) is 53.2. The van der Waals surface area contributed by atoms with Crippen molar-refractivity contribution in [3.05, 3.63) is 134 Å².